The van der Waals surface area contributed by atoms with E-state index in [1.807, 2.05) is 12.1 Å². The van der Waals surface area contributed by atoms with E-state index in [1.165, 1.54) is 29.2 Å². The van der Waals surface area contributed by atoms with E-state index >= 15 is 0 Å². The van der Waals surface area contributed by atoms with Crippen LogP contribution in [-0.4, -0.2) is 13.7 Å². The molecule has 0 unspecified atom stereocenters. The summed E-state index contributed by atoms with van der Waals surface area (Å²) in [5.41, 5.74) is 0. The first-order valence-corrected chi connectivity index (χ1v) is 12.3. The average Bonchev–Trinajstić information content (AvgIpc) is 2.38. The van der Waals surface area contributed by atoms with Gasteiger partial charge < -0.3 is 9.47 Å². The fraction of sp³-hybridized carbons (Fsp3) is 0.500. The van der Waals surface area contributed by atoms with Gasteiger partial charge in [0.15, 0.2) is 0 Å². The summed E-state index contributed by atoms with van der Waals surface area (Å²) in [5.74, 6) is 1.60. The van der Waals surface area contributed by atoms with Gasteiger partial charge in [-0.2, -0.15) is 0 Å². The molecule has 0 atom stereocenters. The second-order valence-electron chi connectivity index (χ2n) is 3.15. The van der Waals surface area contributed by atoms with Crippen molar-refractivity contribution in [3.05, 3.63) is 24.3 Å². The van der Waals surface area contributed by atoms with E-state index in [9.17, 15) is 0 Å². The molecular weight excluding hydrogens is 321 g/mol. The molecule has 16 heavy (non-hydrogen) atoms. The number of benzene rings is 1. The van der Waals surface area contributed by atoms with Crippen molar-refractivity contribution >= 4 is 13.6 Å². The molecule has 0 saturated heterocycles. The van der Waals surface area contributed by atoms with Crippen LogP contribution in [0, 0.1) is 6.07 Å². The molecule has 4 heteroatoms. The van der Waals surface area contributed by atoms with E-state index < -0.39 is 0 Å². The first-order chi connectivity index (χ1) is 7.86. The number of methoxy groups -OCH3 is 1. The Morgan fingerprint density at radius 1 is 1.31 bits per heavy atom. The van der Waals surface area contributed by atoms with Gasteiger partial charge in [-0.1, -0.05) is 19.8 Å². The standard InChI is InChI=1S/C12H17O2.BrH.Zn/c1-3-4-5-10-14-12-8-6-11(13-2)7-9-12;;/h6-8H,3-5,10H2,1-2H3;1H;/q-1;;+2/p-1. The van der Waals surface area contributed by atoms with Crippen LogP contribution in [0.15, 0.2) is 18.2 Å². The van der Waals surface area contributed by atoms with Gasteiger partial charge in [0.05, 0.1) is 13.7 Å². The topological polar surface area (TPSA) is 18.5 Å². The molecule has 1 aromatic rings. The SMILES string of the molecule is CCCCCOc1[c-]cc(OC)cc1.[Zn+][Br]. The summed E-state index contributed by atoms with van der Waals surface area (Å²) in [6, 6.07) is 8.56. The van der Waals surface area contributed by atoms with Crippen LogP contribution in [0.5, 0.6) is 11.5 Å². The first kappa shape index (κ1) is 15.9. The van der Waals surface area contributed by atoms with Gasteiger partial charge in [-0.15, -0.1) is 24.3 Å². The summed E-state index contributed by atoms with van der Waals surface area (Å²) >= 11 is 4.25. The number of hydrogen-bond donors (Lipinski definition) is 0. The quantitative estimate of drug-likeness (QED) is 0.445. The molecular formula is C12H17BrO2Zn. The van der Waals surface area contributed by atoms with Crippen molar-refractivity contribution in [3.8, 4) is 11.5 Å². The van der Waals surface area contributed by atoms with Crippen LogP contribution >= 0.6 is 13.6 Å². The molecule has 2 nitrogen and oxygen atoms in total. The Kier molecular flexibility index (Phi) is 11.4. The Balaban J connectivity index is 0.00000106. The Labute approximate surface area is 115 Å². The van der Waals surface area contributed by atoms with Crippen molar-refractivity contribution in [2.24, 2.45) is 0 Å². The molecule has 0 aromatic heterocycles. The minimum absolute atomic E-state index is 0.774. The van der Waals surface area contributed by atoms with Crippen molar-refractivity contribution in [1.29, 1.82) is 0 Å². The van der Waals surface area contributed by atoms with E-state index in [0.29, 0.717) is 0 Å². The van der Waals surface area contributed by atoms with Crippen LogP contribution in [0.1, 0.15) is 26.2 Å². The Morgan fingerprint density at radius 2 is 2.06 bits per heavy atom. The van der Waals surface area contributed by atoms with Crippen LogP contribution in [-0.2, 0) is 16.3 Å². The molecule has 1 rings (SSSR count). The monoisotopic (exact) mass is 336 g/mol. The third kappa shape index (κ3) is 7.24. The molecule has 0 radical (unpaired) electrons. The first-order valence-electron chi connectivity index (χ1n) is 5.32. The average molecular weight is 339 g/mol. The number of halogens is 1. The Morgan fingerprint density at radius 3 is 2.56 bits per heavy atom. The molecule has 0 aliphatic rings. The normalized spacial score (nSPS) is 9.06. The molecule has 0 spiro atoms. The van der Waals surface area contributed by atoms with Gasteiger partial charge in [0.1, 0.15) is 0 Å². The third-order valence-corrected chi connectivity index (χ3v) is 2.00. The van der Waals surface area contributed by atoms with Crippen LogP contribution in [0.25, 0.3) is 0 Å². The second kappa shape index (κ2) is 11.4. The molecule has 0 N–H and O–H groups in total. The molecule has 1 aromatic carbocycles. The fourth-order valence-corrected chi connectivity index (χ4v) is 1.15. The van der Waals surface area contributed by atoms with E-state index in [4.69, 9.17) is 9.47 Å². The van der Waals surface area contributed by atoms with Gasteiger partial charge in [-0.3, -0.25) is 0 Å². The fourth-order valence-electron chi connectivity index (χ4n) is 1.15. The molecule has 0 fully saturated rings. The summed E-state index contributed by atoms with van der Waals surface area (Å²) < 4.78 is 10.5. The van der Waals surface area contributed by atoms with Gasteiger partial charge >= 0.3 is 30.0 Å². The predicted molar refractivity (Wildman–Crippen MR) is 65.8 cm³/mol. The van der Waals surface area contributed by atoms with E-state index in [0.717, 1.165) is 24.5 Å². The van der Waals surface area contributed by atoms with Crippen LogP contribution in [0.4, 0.5) is 0 Å². The van der Waals surface area contributed by atoms with Crippen molar-refractivity contribution in [2.75, 3.05) is 13.7 Å². The maximum atomic E-state index is 5.50. The summed E-state index contributed by atoms with van der Waals surface area (Å²) in [4.78, 5) is 0. The van der Waals surface area contributed by atoms with Gasteiger partial charge in [0, 0.05) is 11.5 Å². The zero-order chi connectivity index (χ0) is 12.2. The summed E-state index contributed by atoms with van der Waals surface area (Å²) in [6.45, 7) is 2.95. The number of hydrogen-bond acceptors (Lipinski definition) is 2. The van der Waals surface area contributed by atoms with Crippen LogP contribution in [0.3, 0.4) is 0 Å². The molecule has 0 amide bonds. The van der Waals surface area contributed by atoms with Crippen LogP contribution in [0.2, 0.25) is 0 Å². The molecule has 0 aliphatic carbocycles. The predicted octanol–water partition coefficient (Wildman–Crippen LogP) is 3.91. The van der Waals surface area contributed by atoms with E-state index in [2.05, 4.69) is 26.6 Å². The molecule has 0 heterocycles. The summed E-state index contributed by atoms with van der Waals surface area (Å²) in [7, 11) is 1.64. The minimum atomic E-state index is 0.774. The number of ether oxygens (including phenoxy) is 2. The Hall–Kier alpha value is -0.0766. The van der Waals surface area contributed by atoms with Crippen molar-refractivity contribution < 1.29 is 25.8 Å². The molecule has 86 valence electrons. The summed E-state index contributed by atoms with van der Waals surface area (Å²) in [6.07, 6.45) is 3.54. The molecule has 0 bridgehead atoms. The van der Waals surface area contributed by atoms with Gasteiger partial charge in [0.25, 0.3) is 0 Å². The second-order valence-corrected chi connectivity index (χ2v) is 3.15. The Bertz CT molecular complexity index is 252. The van der Waals surface area contributed by atoms with Gasteiger partial charge in [-0.25, -0.2) is 0 Å². The number of unbranched alkanes of at least 4 members (excludes halogenated alkanes) is 2. The molecule has 0 saturated carbocycles. The van der Waals surface area contributed by atoms with E-state index in [-0.39, 0.29) is 0 Å². The van der Waals surface area contributed by atoms with Crippen LogP contribution < -0.4 is 9.47 Å². The third-order valence-electron chi connectivity index (χ3n) is 2.00. The van der Waals surface area contributed by atoms with E-state index in [1.54, 1.807) is 13.2 Å². The summed E-state index contributed by atoms with van der Waals surface area (Å²) in [5, 5.41) is 0. The van der Waals surface area contributed by atoms with Crippen molar-refractivity contribution in [3.63, 3.8) is 0 Å². The zero-order valence-electron chi connectivity index (χ0n) is 9.96. The van der Waals surface area contributed by atoms with Crippen molar-refractivity contribution in [2.45, 2.75) is 26.2 Å². The maximum absolute atomic E-state index is 5.50. The zero-order valence-corrected chi connectivity index (χ0v) is 14.5. The molecule has 0 aliphatic heterocycles. The van der Waals surface area contributed by atoms with Crippen molar-refractivity contribution in [1.82, 2.24) is 0 Å². The van der Waals surface area contributed by atoms with Gasteiger partial charge in [0.2, 0.25) is 0 Å². The number of rotatable bonds is 6. The van der Waals surface area contributed by atoms with Gasteiger partial charge in [-0.05, 0) is 6.42 Å².